The van der Waals surface area contributed by atoms with E-state index in [1.54, 1.807) is 0 Å². The Bertz CT molecular complexity index is 195. The lowest BCUT2D eigenvalue weighted by Crippen LogP contribution is -2.22. The molecule has 0 aromatic heterocycles. The van der Waals surface area contributed by atoms with E-state index in [4.69, 9.17) is 0 Å². The summed E-state index contributed by atoms with van der Waals surface area (Å²) in [5, 5.41) is 0. The summed E-state index contributed by atoms with van der Waals surface area (Å²) in [6.45, 7) is 6.22. The number of hydrogen-bond donors (Lipinski definition) is 0. The largest absolute Gasteiger partial charge is 0.339 e. The second kappa shape index (κ2) is 7.19. The predicted octanol–water partition coefficient (Wildman–Crippen LogP) is 1.35. The molecular weight excluding hydrogens is 204 g/mol. The molecule has 0 amide bonds. The number of carbonyl (C=O) groups is 2. The highest BCUT2D eigenvalue weighted by molar-refractivity contribution is 5.65. The molecule has 0 saturated carbocycles. The third-order valence-corrected chi connectivity index (χ3v) is 1.21. The first-order valence-electron chi connectivity index (χ1n) is 4.59. The molecule has 88 valence electrons. The fourth-order valence-corrected chi connectivity index (χ4v) is 0.722. The zero-order valence-electron chi connectivity index (χ0n) is 9.31. The number of carbonyl (C=O) groups excluding carboxylic acids is 2. The van der Waals surface area contributed by atoms with Gasteiger partial charge in [0.2, 0.25) is 6.29 Å². The average molecular weight is 220 g/mol. The molecule has 0 heterocycles. The van der Waals surface area contributed by atoms with Gasteiger partial charge in [0.05, 0.1) is 0 Å². The van der Waals surface area contributed by atoms with Gasteiger partial charge in [0.1, 0.15) is 0 Å². The van der Waals surface area contributed by atoms with Crippen molar-refractivity contribution in [2.24, 2.45) is 5.92 Å². The van der Waals surface area contributed by atoms with Gasteiger partial charge in [0.25, 0.3) is 0 Å². The Hall–Kier alpha value is -1.14. The van der Waals surface area contributed by atoms with Crippen molar-refractivity contribution in [3.8, 4) is 0 Å². The Balaban J connectivity index is 3.94. The molecule has 0 fully saturated rings. The number of rotatable bonds is 6. The molecule has 6 nitrogen and oxygen atoms in total. The standard InChI is InChI=1S/C9H16O6/c1-6(2)5-9(14-12-7(3)10)15-13-8(4)11/h6,9H,5H2,1-4H3. The Labute approximate surface area is 88.3 Å². The summed E-state index contributed by atoms with van der Waals surface area (Å²) in [5.41, 5.74) is 0. The van der Waals surface area contributed by atoms with E-state index >= 15 is 0 Å². The Morgan fingerprint density at radius 3 is 1.67 bits per heavy atom. The van der Waals surface area contributed by atoms with Gasteiger partial charge >= 0.3 is 11.9 Å². The van der Waals surface area contributed by atoms with Gasteiger partial charge in [-0.3, -0.25) is 9.78 Å². The van der Waals surface area contributed by atoms with Gasteiger partial charge < -0.3 is 0 Å². The molecule has 0 unspecified atom stereocenters. The summed E-state index contributed by atoms with van der Waals surface area (Å²) in [6.07, 6.45) is -0.474. The van der Waals surface area contributed by atoms with Gasteiger partial charge in [-0.25, -0.2) is 9.59 Å². The second-order valence-corrected chi connectivity index (χ2v) is 3.40. The van der Waals surface area contributed by atoms with Crippen LogP contribution in [0, 0.1) is 5.92 Å². The van der Waals surface area contributed by atoms with Crippen LogP contribution in [-0.4, -0.2) is 18.2 Å². The van der Waals surface area contributed by atoms with E-state index in [9.17, 15) is 9.59 Å². The van der Waals surface area contributed by atoms with E-state index in [1.165, 1.54) is 13.8 Å². The quantitative estimate of drug-likeness (QED) is 0.382. The van der Waals surface area contributed by atoms with Crippen LogP contribution in [-0.2, 0) is 29.1 Å². The average Bonchev–Trinajstić information content (AvgIpc) is 2.08. The molecule has 0 rings (SSSR count). The first-order valence-corrected chi connectivity index (χ1v) is 4.59. The van der Waals surface area contributed by atoms with Gasteiger partial charge in [-0.1, -0.05) is 13.8 Å². The SMILES string of the molecule is CC(=O)OOC(CC(C)C)OOC(C)=O. The molecule has 0 aromatic rings. The van der Waals surface area contributed by atoms with E-state index in [-0.39, 0.29) is 5.92 Å². The molecular formula is C9H16O6. The maximum absolute atomic E-state index is 10.5. The fraction of sp³-hybridized carbons (Fsp3) is 0.778. The molecule has 0 aromatic carbocycles. The Morgan fingerprint density at radius 1 is 1.00 bits per heavy atom. The van der Waals surface area contributed by atoms with E-state index in [2.05, 4.69) is 19.6 Å². The fourth-order valence-electron chi connectivity index (χ4n) is 0.722. The number of hydrogen-bond acceptors (Lipinski definition) is 6. The van der Waals surface area contributed by atoms with Crippen LogP contribution < -0.4 is 0 Å². The van der Waals surface area contributed by atoms with Crippen LogP contribution in [0.25, 0.3) is 0 Å². The maximum Gasteiger partial charge on any atom is 0.339 e. The van der Waals surface area contributed by atoms with Crippen molar-refractivity contribution in [2.45, 2.75) is 40.4 Å². The third kappa shape index (κ3) is 9.17. The van der Waals surface area contributed by atoms with E-state index < -0.39 is 18.2 Å². The van der Waals surface area contributed by atoms with Gasteiger partial charge in [-0.2, -0.15) is 0 Å². The Kier molecular flexibility index (Phi) is 6.64. The molecule has 0 bridgehead atoms. The normalized spacial score (nSPS) is 10.5. The van der Waals surface area contributed by atoms with Crippen molar-refractivity contribution in [3.63, 3.8) is 0 Å². The highest BCUT2D eigenvalue weighted by atomic mass is 17.3. The highest BCUT2D eigenvalue weighted by Gasteiger charge is 2.17. The molecule has 0 N–H and O–H groups in total. The summed E-state index contributed by atoms with van der Waals surface area (Å²) in [7, 11) is 0. The summed E-state index contributed by atoms with van der Waals surface area (Å²) in [6, 6.07) is 0. The minimum Gasteiger partial charge on any atom is -0.296 e. The van der Waals surface area contributed by atoms with Crippen LogP contribution in [0.5, 0.6) is 0 Å². The van der Waals surface area contributed by atoms with Crippen LogP contribution >= 0.6 is 0 Å². The lowest BCUT2D eigenvalue weighted by molar-refractivity contribution is -0.431. The molecule has 15 heavy (non-hydrogen) atoms. The maximum atomic E-state index is 10.5. The van der Waals surface area contributed by atoms with Crippen LogP contribution in [0.15, 0.2) is 0 Å². The molecule has 0 spiro atoms. The van der Waals surface area contributed by atoms with E-state index in [0.29, 0.717) is 6.42 Å². The molecule has 0 radical (unpaired) electrons. The minimum atomic E-state index is -0.905. The molecule has 0 atom stereocenters. The molecule has 0 aliphatic rings. The third-order valence-electron chi connectivity index (χ3n) is 1.21. The van der Waals surface area contributed by atoms with Crippen molar-refractivity contribution in [2.75, 3.05) is 0 Å². The zero-order chi connectivity index (χ0) is 11.8. The monoisotopic (exact) mass is 220 g/mol. The van der Waals surface area contributed by atoms with Gasteiger partial charge in [0.15, 0.2) is 0 Å². The van der Waals surface area contributed by atoms with E-state index in [0.717, 1.165) is 0 Å². The smallest absolute Gasteiger partial charge is 0.296 e. The summed E-state index contributed by atoms with van der Waals surface area (Å²) >= 11 is 0. The van der Waals surface area contributed by atoms with Crippen LogP contribution in [0.4, 0.5) is 0 Å². The van der Waals surface area contributed by atoms with Crippen molar-refractivity contribution in [3.05, 3.63) is 0 Å². The topological polar surface area (TPSA) is 71.1 Å². The first-order chi connectivity index (χ1) is 6.91. The second-order valence-electron chi connectivity index (χ2n) is 3.40. The van der Waals surface area contributed by atoms with Crippen molar-refractivity contribution in [1.29, 1.82) is 0 Å². The summed E-state index contributed by atoms with van der Waals surface area (Å²) < 4.78 is 0. The van der Waals surface area contributed by atoms with Crippen LogP contribution in [0.1, 0.15) is 34.1 Å². The van der Waals surface area contributed by atoms with Crippen molar-refractivity contribution in [1.82, 2.24) is 0 Å². The molecule has 0 aliphatic carbocycles. The van der Waals surface area contributed by atoms with Crippen LogP contribution in [0.3, 0.4) is 0 Å². The lowest BCUT2D eigenvalue weighted by Gasteiger charge is -2.15. The van der Waals surface area contributed by atoms with Crippen molar-refractivity contribution < 1.29 is 29.1 Å². The van der Waals surface area contributed by atoms with E-state index in [1.807, 2.05) is 13.8 Å². The summed E-state index contributed by atoms with van der Waals surface area (Å²) in [4.78, 5) is 38.7. The molecule has 0 saturated heterocycles. The van der Waals surface area contributed by atoms with Crippen LogP contribution in [0.2, 0.25) is 0 Å². The van der Waals surface area contributed by atoms with Gasteiger partial charge in [-0.05, 0) is 5.92 Å². The van der Waals surface area contributed by atoms with Crippen molar-refractivity contribution >= 4 is 11.9 Å². The minimum absolute atomic E-state index is 0.237. The van der Waals surface area contributed by atoms with Gasteiger partial charge in [-0.15, -0.1) is 9.78 Å². The van der Waals surface area contributed by atoms with Gasteiger partial charge in [0, 0.05) is 20.3 Å². The Morgan fingerprint density at radius 2 is 1.40 bits per heavy atom. The first kappa shape index (κ1) is 13.9. The highest BCUT2D eigenvalue weighted by Crippen LogP contribution is 2.10. The predicted molar refractivity (Wildman–Crippen MR) is 48.9 cm³/mol. The summed E-state index contributed by atoms with van der Waals surface area (Å²) in [5.74, 6) is -0.966. The zero-order valence-corrected chi connectivity index (χ0v) is 9.31. The molecule has 6 heteroatoms. The lowest BCUT2D eigenvalue weighted by atomic mass is 10.1. The molecule has 0 aliphatic heterocycles.